The highest BCUT2D eigenvalue weighted by molar-refractivity contribution is 5.64. The lowest BCUT2D eigenvalue weighted by molar-refractivity contribution is 0.288. The van der Waals surface area contributed by atoms with Crippen molar-refractivity contribution in [3.05, 3.63) is 36.1 Å². The molecule has 13 heavy (non-hydrogen) atoms. The van der Waals surface area contributed by atoms with E-state index < -0.39 is 0 Å². The van der Waals surface area contributed by atoms with Crippen LogP contribution in [-0.2, 0) is 6.42 Å². The number of rotatable bonds is 3. The second-order valence-electron chi connectivity index (χ2n) is 3.08. The van der Waals surface area contributed by atoms with E-state index in [4.69, 9.17) is 9.52 Å². The first-order valence-electron chi connectivity index (χ1n) is 4.48. The summed E-state index contributed by atoms with van der Waals surface area (Å²) in [5.41, 5.74) is 2.32. The summed E-state index contributed by atoms with van der Waals surface area (Å²) in [4.78, 5) is 0. The van der Waals surface area contributed by atoms with Gasteiger partial charge in [-0.25, -0.2) is 0 Å². The molecule has 0 aromatic carbocycles. The van der Waals surface area contributed by atoms with Crippen LogP contribution in [0.15, 0.2) is 34.9 Å². The molecule has 0 unspecified atom stereocenters. The fraction of sp³-hybridized carbons (Fsp3) is 0.273. The summed E-state index contributed by atoms with van der Waals surface area (Å²) in [7, 11) is 0. The van der Waals surface area contributed by atoms with Crippen molar-refractivity contribution < 1.29 is 9.52 Å². The van der Waals surface area contributed by atoms with Gasteiger partial charge in [0.15, 0.2) is 0 Å². The average molecular weight is 176 g/mol. The van der Waals surface area contributed by atoms with E-state index in [0.717, 1.165) is 24.2 Å². The molecule has 2 rings (SSSR count). The maximum atomic E-state index is 8.71. The highest BCUT2D eigenvalue weighted by Crippen LogP contribution is 2.28. The molecule has 0 radical (unpaired) electrons. The lowest BCUT2D eigenvalue weighted by Crippen LogP contribution is -1.88. The summed E-state index contributed by atoms with van der Waals surface area (Å²) in [5, 5.41) is 8.71. The number of fused-ring (bicyclic) bond motifs is 1. The van der Waals surface area contributed by atoms with E-state index in [1.807, 2.05) is 18.2 Å². The molecule has 1 aliphatic carbocycles. The number of aliphatic hydroxyl groups excluding tert-OH is 1. The van der Waals surface area contributed by atoms with Gasteiger partial charge in [0.05, 0.1) is 6.26 Å². The molecular weight excluding hydrogens is 164 g/mol. The minimum absolute atomic E-state index is 0.236. The molecule has 0 spiro atoms. The molecule has 0 aromatic rings. The van der Waals surface area contributed by atoms with E-state index in [-0.39, 0.29) is 6.61 Å². The van der Waals surface area contributed by atoms with Crippen LogP contribution in [0, 0.1) is 0 Å². The van der Waals surface area contributed by atoms with Crippen molar-refractivity contribution in [2.45, 2.75) is 12.8 Å². The van der Waals surface area contributed by atoms with Gasteiger partial charge < -0.3 is 9.52 Å². The Labute approximate surface area is 77.2 Å². The Kier molecular flexibility index (Phi) is 2.32. The first-order chi connectivity index (χ1) is 6.42. The molecule has 0 fully saturated rings. The molecular formula is C11H12O2. The van der Waals surface area contributed by atoms with E-state index in [9.17, 15) is 0 Å². The summed E-state index contributed by atoms with van der Waals surface area (Å²) >= 11 is 0. The molecule has 0 amide bonds. The second kappa shape index (κ2) is 3.62. The predicted octanol–water partition coefficient (Wildman–Crippen LogP) is 2.31. The second-order valence-corrected chi connectivity index (χ2v) is 3.08. The van der Waals surface area contributed by atoms with E-state index in [1.54, 1.807) is 6.26 Å². The molecule has 0 saturated heterocycles. The van der Waals surface area contributed by atoms with Crippen molar-refractivity contribution in [3.8, 4) is 11.3 Å². The molecule has 2 aliphatic rings. The fourth-order valence-electron chi connectivity index (χ4n) is 1.52. The highest BCUT2D eigenvalue weighted by Gasteiger charge is 2.09. The third-order valence-corrected chi connectivity index (χ3v) is 2.16. The molecule has 2 heteroatoms. The van der Waals surface area contributed by atoms with Gasteiger partial charge in [0.1, 0.15) is 5.76 Å². The van der Waals surface area contributed by atoms with Crippen LogP contribution in [0.1, 0.15) is 12.0 Å². The number of hydrogen-bond acceptors (Lipinski definition) is 2. The zero-order valence-electron chi connectivity index (χ0n) is 7.36. The van der Waals surface area contributed by atoms with Gasteiger partial charge in [-0.15, -0.1) is 0 Å². The Hall–Kier alpha value is -1.28. The van der Waals surface area contributed by atoms with Crippen molar-refractivity contribution in [2.24, 2.45) is 0 Å². The maximum Gasteiger partial charge on any atom is 0.136 e. The third kappa shape index (κ3) is 1.58. The lowest BCUT2D eigenvalue weighted by Gasteiger charge is -2.00. The molecule has 2 nitrogen and oxygen atoms in total. The van der Waals surface area contributed by atoms with E-state index >= 15 is 0 Å². The fourth-order valence-corrected chi connectivity index (χ4v) is 1.52. The van der Waals surface area contributed by atoms with Gasteiger partial charge >= 0.3 is 0 Å². The molecule has 0 saturated carbocycles. The van der Waals surface area contributed by atoms with Crippen LogP contribution < -0.4 is 0 Å². The van der Waals surface area contributed by atoms with E-state index in [0.29, 0.717) is 0 Å². The monoisotopic (exact) mass is 176 g/mol. The number of aliphatic hydroxyl groups is 1. The van der Waals surface area contributed by atoms with Gasteiger partial charge in [0.25, 0.3) is 0 Å². The molecule has 0 bridgehead atoms. The Morgan fingerprint density at radius 1 is 1.23 bits per heavy atom. The molecule has 0 aromatic heterocycles. The van der Waals surface area contributed by atoms with Crippen LogP contribution in [0.5, 0.6) is 0 Å². The molecule has 1 N–H and O–H groups in total. The zero-order valence-corrected chi connectivity index (χ0v) is 7.36. The number of aryl methyl sites for hydroxylation is 1. The quantitative estimate of drug-likeness (QED) is 0.778. The number of hydrogen-bond donors (Lipinski definition) is 1. The zero-order chi connectivity index (χ0) is 9.10. The van der Waals surface area contributed by atoms with Crippen LogP contribution in [0.4, 0.5) is 0 Å². The minimum atomic E-state index is 0.236. The van der Waals surface area contributed by atoms with Crippen LogP contribution in [-0.4, -0.2) is 11.7 Å². The van der Waals surface area contributed by atoms with Gasteiger partial charge in [-0.3, -0.25) is 0 Å². The highest BCUT2D eigenvalue weighted by atomic mass is 16.3. The SMILES string of the molecule is OCCCc1ccc2cccoc1-2. The van der Waals surface area contributed by atoms with E-state index in [2.05, 4.69) is 6.07 Å². The van der Waals surface area contributed by atoms with Gasteiger partial charge in [0.2, 0.25) is 0 Å². The summed E-state index contributed by atoms with van der Waals surface area (Å²) < 4.78 is 5.40. The standard InChI is InChI=1S/C11H12O2/c12-7-1-3-9-5-6-10-4-2-8-13-11(9)10/h2,4-6,8,12H,1,3,7H2. The molecule has 1 aliphatic heterocycles. The van der Waals surface area contributed by atoms with Crippen LogP contribution >= 0.6 is 0 Å². The summed E-state index contributed by atoms with van der Waals surface area (Å²) in [6.07, 6.45) is 3.36. The Bertz CT molecular complexity index is 351. The predicted molar refractivity (Wildman–Crippen MR) is 50.7 cm³/mol. The summed E-state index contributed by atoms with van der Waals surface area (Å²) in [5.74, 6) is 0.955. The van der Waals surface area contributed by atoms with Gasteiger partial charge in [0, 0.05) is 12.2 Å². The smallest absolute Gasteiger partial charge is 0.136 e. The van der Waals surface area contributed by atoms with Crippen molar-refractivity contribution in [2.75, 3.05) is 6.61 Å². The van der Waals surface area contributed by atoms with Gasteiger partial charge in [-0.2, -0.15) is 0 Å². The van der Waals surface area contributed by atoms with Crippen molar-refractivity contribution in [1.82, 2.24) is 0 Å². The topological polar surface area (TPSA) is 33.4 Å². The normalized spacial score (nSPS) is 10.8. The van der Waals surface area contributed by atoms with Crippen molar-refractivity contribution in [1.29, 1.82) is 0 Å². The van der Waals surface area contributed by atoms with Crippen LogP contribution in [0.25, 0.3) is 11.3 Å². The van der Waals surface area contributed by atoms with Gasteiger partial charge in [-0.1, -0.05) is 12.1 Å². The van der Waals surface area contributed by atoms with Crippen LogP contribution in [0.3, 0.4) is 0 Å². The first kappa shape index (κ1) is 8.32. The largest absolute Gasteiger partial charge is 0.464 e. The average Bonchev–Trinajstić information content (AvgIpc) is 2.58. The lowest BCUT2D eigenvalue weighted by atomic mass is 10.1. The van der Waals surface area contributed by atoms with Crippen molar-refractivity contribution in [3.63, 3.8) is 0 Å². The first-order valence-corrected chi connectivity index (χ1v) is 4.48. The third-order valence-electron chi connectivity index (χ3n) is 2.16. The van der Waals surface area contributed by atoms with Gasteiger partial charge in [-0.05, 0) is 30.5 Å². The summed E-state index contributed by atoms with van der Waals surface area (Å²) in [6, 6.07) is 8.02. The molecule has 1 heterocycles. The van der Waals surface area contributed by atoms with Crippen LogP contribution in [0.2, 0.25) is 0 Å². The minimum Gasteiger partial charge on any atom is -0.464 e. The van der Waals surface area contributed by atoms with Crippen molar-refractivity contribution >= 4 is 0 Å². The maximum absolute atomic E-state index is 8.71. The molecule has 68 valence electrons. The Morgan fingerprint density at radius 2 is 2.15 bits per heavy atom. The van der Waals surface area contributed by atoms with E-state index in [1.165, 1.54) is 5.56 Å². The molecule has 0 atom stereocenters. The Morgan fingerprint density at radius 3 is 3.00 bits per heavy atom. The Balaban J connectivity index is 2.27. The summed E-state index contributed by atoms with van der Waals surface area (Å²) in [6.45, 7) is 0.236.